The molecule has 2 rings (SSSR count). The van der Waals surface area contributed by atoms with E-state index < -0.39 is 0 Å². The van der Waals surface area contributed by atoms with Crippen LogP contribution in [0.4, 0.5) is 0 Å². The third-order valence-electron chi connectivity index (χ3n) is 2.63. The highest BCUT2D eigenvalue weighted by molar-refractivity contribution is 9.10. The fraction of sp³-hybridized carbons (Fsp3) is 0.462. The van der Waals surface area contributed by atoms with Crippen LogP contribution < -0.4 is 4.74 Å². The number of rotatable bonds is 5. The summed E-state index contributed by atoms with van der Waals surface area (Å²) in [6.07, 6.45) is 3.00. The lowest BCUT2D eigenvalue weighted by molar-refractivity contribution is -0.116. The summed E-state index contributed by atoms with van der Waals surface area (Å²) in [5, 5.41) is 0. The van der Waals surface area contributed by atoms with Crippen LogP contribution in [0.5, 0.6) is 5.75 Å². The molecule has 0 bridgehead atoms. The fourth-order valence-electron chi connectivity index (χ4n) is 1.59. The lowest BCUT2D eigenvalue weighted by Gasteiger charge is -2.10. The van der Waals surface area contributed by atoms with E-state index in [2.05, 4.69) is 15.9 Å². The Balaban J connectivity index is 2.09. The lowest BCUT2D eigenvalue weighted by atomic mass is 10.1. The van der Waals surface area contributed by atoms with Crippen molar-refractivity contribution in [3.63, 3.8) is 0 Å². The number of ether oxygens (including phenoxy) is 1. The van der Waals surface area contributed by atoms with Crippen LogP contribution in [0.25, 0.3) is 0 Å². The molecule has 86 valence electrons. The standard InChI is InChI=1S/C13H15BrO2/c1-9(15)6-11-7-12(14)4-5-13(11)16-8-10-2-3-10/h4-5,7,10H,2-3,6,8H2,1H3. The predicted octanol–water partition coefficient (Wildman–Crippen LogP) is 3.37. The van der Waals surface area contributed by atoms with Crippen molar-refractivity contribution in [3.8, 4) is 5.75 Å². The van der Waals surface area contributed by atoms with Crippen LogP contribution in [0.3, 0.4) is 0 Å². The third kappa shape index (κ3) is 3.34. The number of hydrogen-bond donors (Lipinski definition) is 0. The molecular weight excluding hydrogens is 268 g/mol. The molecule has 0 heterocycles. The quantitative estimate of drug-likeness (QED) is 0.828. The Morgan fingerprint density at radius 3 is 2.88 bits per heavy atom. The van der Waals surface area contributed by atoms with Crippen LogP contribution in [-0.4, -0.2) is 12.4 Å². The maximum absolute atomic E-state index is 11.2. The molecule has 0 aromatic heterocycles. The van der Waals surface area contributed by atoms with E-state index in [1.807, 2.05) is 18.2 Å². The Hall–Kier alpha value is -0.830. The van der Waals surface area contributed by atoms with Crippen LogP contribution >= 0.6 is 15.9 Å². The van der Waals surface area contributed by atoms with E-state index in [4.69, 9.17) is 4.74 Å². The molecule has 3 heteroatoms. The molecule has 1 aliphatic carbocycles. The summed E-state index contributed by atoms with van der Waals surface area (Å²) < 4.78 is 6.73. The maximum atomic E-state index is 11.2. The van der Waals surface area contributed by atoms with E-state index in [1.54, 1.807) is 6.92 Å². The highest BCUT2D eigenvalue weighted by atomic mass is 79.9. The first-order chi connectivity index (χ1) is 7.65. The molecule has 1 aromatic carbocycles. The average Bonchev–Trinajstić information content (AvgIpc) is 2.99. The number of Topliss-reactive ketones (excluding diaryl/α,β-unsaturated/α-hetero) is 1. The number of carbonyl (C=O) groups is 1. The molecule has 1 aromatic rings. The number of hydrogen-bond acceptors (Lipinski definition) is 2. The minimum Gasteiger partial charge on any atom is -0.493 e. The van der Waals surface area contributed by atoms with Crippen molar-refractivity contribution in [1.29, 1.82) is 0 Å². The molecule has 0 spiro atoms. The molecule has 1 saturated carbocycles. The van der Waals surface area contributed by atoms with Gasteiger partial charge >= 0.3 is 0 Å². The molecule has 0 atom stereocenters. The summed E-state index contributed by atoms with van der Waals surface area (Å²) in [4.78, 5) is 11.2. The molecular formula is C13H15BrO2. The summed E-state index contributed by atoms with van der Waals surface area (Å²) in [5.74, 6) is 1.74. The zero-order valence-corrected chi connectivity index (χ0v) is 10.9. The molecule has 16 heavy (non-hydrogen) atoms. The Bertz CT molecular complexity index is 397. The highest BCUT2D eigenvalue weighted by Gasteiger charge is 2.22. The molecule has 1 aliphatic rings. The van der Waals surface area contributed by atoms with Crippen LogP contribution in [0.2, 0.25) is 0 Å². The second kappa shape index (κ2) is 5.00. The minimum atomic E-state index is 0.161. The van der Waals surface area contributed by atoms with Gasteiger partial charge in [0.2, 0.25) is 0 Å². The fourth-order valence-corrected chi connectivity index (χ4v) is 2.00. The summed E-state index contributed by atoms with van der Waals surface area (Å²) >= 11 is 3.41. The van der Waals surface area contributed by atoms with E-state index >= 15 is 0 Å². The first-order valence-electron chi connectivity index (χ1n) is 5.56. The van der Waals surface area contributed by atoms with Crippen LogP contribution in [0.1, 0.15) is 25.3 Å². The molecule has 0 radical (unpaired) electrons. The number of ketones is 1. The number of halogens is 1. The third-order valence-corrected chi connectivity index (χ3v) is 3.13. The molecule has 1 fully saturated rings. The van der Waals surface area contributed by atoms with Crippen molar-refractivity contribution in [2.24, 2.45) is 5.92 Å². The Kier molecular flexibility index (Phi) is 3.64. The van der Waals surface area contributed by atoms with Gasteiger partial charge in [-0.1, -0.05) is 15.9 Å². The number of benzene rings is 1. The zero-order chi connectivity index (χ0) is 11.5. The summed E-state index contributed by atoms with van der Waals surface area (Å²) in [6, 6.07) is 5.85. The zero-order valence-electron chi connectivity index (χ0n) is 9.33. The van der Waals surface area contributed by atoms with E-state index in [0.29, 0.717) is 6.42 Å². The molecule has 0 N–H and O–H groups in total. The molecule has 0 amide bonds. The van der Waals surface area contributed by atoms with Crippen LogP contribution in [0.15, 0.2) is 22.7 Å². The van der Waals surface area contributed by atoms with Gasteiger partial charge in [-0.25, -0.2) is 0 Å². The Labute approximate surface area is 104 Å². The van der Waals surface area contributed by atoms with E-state index in [1.165, 1.54) is 12.8 Å². The van der Waals surface area contributed by atoms with Gasteiger partial charge in [-0.2, -0.15) is 0 Å². The van der Waals surface area contributed by atoms with Gasteiger partial charge in [-0.3, -0.25) is 4.79 Å². The minimum absolute atomic E-state index is 0.161. The Morgan fingerprint density at radius 1 is 1.50 bits per heavy atom. The van der Waals surface area contributed by atoms with Crippen molar-refractivity contribution in [2.45, 2.75) is 26.2 Å². The topological polar surface area (TPSA) is 26.3 Å². The van der Waals surface area contributed by atoms with Crippen molar-refractivity contribution < 1.29 is 9.53 Å². The lowest BCUT2D eigenvalue weighted by Crippen LogP contribution is -2.04. The van der Waals surface area contributed by atoms with Gasteiger partial charge in [0.1, 0.15) is 11.5 Å². The van der Waals surface area contributed by atoms with Gasteiger partial charge in [0, 0.05) is 16.5 Å². The largest absolute Gasteiger partial charge is 0.493 e. The molecule has 2 nitrogen and oxygen atoms in total. The van der Waals surface area contributed by atoms with Crippen molar-refractivity contribution in [1.82, 2.24) is 0 Å². The van der Waals surface area contributed by atoms with E-state index in [0.717, 1.165) is 28.3 Å². The van der Waals surface area contributed by atoms with Crippen molar-refractivity contribution in [3.05, 3.63) is 28.2 Å². The molecule has 0 unspecified atom stereocenters. The highest BCUT2D eigenvalue weighted by Crippen LogP contribution is 2.31. The molecule has 0 aliphatic heterocycles. The smallest absolute Gasteiger partial charge is 0.134 e. The van der Waals surface area contributed by atoms with Gasteiger partial charge in [-0.05, 0) is 43.9 Å². The second-order valence-electron chi connectivity index (χ2n) is 4.39. The van der Waals surface area contributed by atoms with Crippen LogP contribution in [-0.2, 0) is 11.2 Å². The summed E-state index contributed by atoms with van der Waals surface area (Å²) in [5.41, 5.74) is 0.975. The first-order valence-corrected chi connectivity index (χ1v) is 6.35. The SMILES string of the molecule is CC(=O)Cc1cc(Br)ccc1OCC1CC1. The average molecular weight is 283 g/mol. The summed E-state index contributed by atoms with van der Waals surface area (Å²) in [7, 11) is 0. The van der Waals surface area contributed by atoms with Gasteiger partial charge in [0.25, 0.3) is 0 Å². The van der Waals surface area contributed by atoms with E-state index in [-0.39, 0.29) is 5.78 Å². The second-order valence-corrected chi connectivity index (χ2v) is 5.30. The summed E-state index contributed by atoms with van der Waals surface area (Å²) in [6.45, 7) is 2.39. The van der Waals surface area contributed by atoms with Gasteiger partial charge in [-0.15, -0.1) is 0 Å². The predicted molar refractivity (Wildman–Crippen MR) is 66.7 cm³/mol. The van der Waals surface area contributed by atoms with Gasteiger partial charge < -0.3 is 4.74 Å². The number of carbonyl (C=O) groups excluding carboxylic acids is 1. The van der Waals surface area contributed by atoms with Gasteiger partial charge in [0.15, 0.2) is 0 Å². The first kappa shape index (κ1) is 11.6. The van der Waals surface area contributed by atoms with Crippen molar-refractivity contribution in [2.75, 3.05) is 6.61 Å². The van der Waals surface area contributed by atoms with Crippen LogP contribution in [0, 0.1) is 5.92 Å². The van der Waals surface area contributed by atoms with E-state index in [9.17, 15) is 4.79 Å². The Morgan fingerprint density at radius 2 is 2.25 bits per heavy atom. The van der Waals surface area contributed by atoms with Crippen molar-refractivity contribution >= 4 is 21.7 Å². The monoisotopic (exact) mass is 282 g/mol. The molecule has 0 saturated heterocycles. The van der Waals surface area contributed by atoms with Gasteiger partial charge in [0.05, 0.1) is 6.61 Å². The maximum Gasteiger partial charge on any atom is 0.134 e. The normalized spacial score (nSPS) is 14.9.